The number of fused-ring (bicyclic) bond motifs is 1. The molecule has 0 spiro atoms. The van der Waals surface area contributed by atoms with Crippen LogP contribution in [0.4, 0.5) is 0 Å². The number of rotatable bonds is 5. The SMILES string of the molecule is Cc1cc(-c2noc(-c3nn(C)c4c3CCC(C)(C)C4)n2)cc(C)c1CCCN. The normalized spacial score (nSPS) is 15.5. The Morgan fingerprint density at radius 3 is 2.62 bits per heavy atom. The molecule has 1 aliphatic rings. The van der Waals surface area contributed by atoms with Crippen molar-refractivity contribution < 1.29 is 4.52 Å². The van der Waals surface area contributed by atoms with Crippen LogP contribution in [0.15, 0.2) is 16.7 Å². The summed E-state index contributed by atoms with van der Waals surface area (Å²) in [5, 5.41) is 8.99. The van der Waals surface area contributed by atoms with Crippen molar-refractivity contribution in [3.8, 4) is 23.0 Å². The van der Waals surface area contributed by atoms with Crippen LogP contribution in [0.25, 0.3) is 23.0 Å². The van der Waals surface area contributed by atoms with E-state index in [9.17, 15) is 0 Å². The zero-order chi connectivity index (χ0) is 20.8. The Hall–Kier alpha value is -2.47. The second-order valence-corrected chi connectivity index (χ2v) is 9.14. The minimum atomic E-state index is 0.304. The van der Waals surface area contributed by atoms with E-state index in [4.69, 9.17) is 20.3 Å². The molecular formula is C23H31N5O. The van der Waals surface area contributed by atoms with Crippen molar-refractivity contribution in [2.75, 3.05) is 6.54 Å². The van der Waals surface area contributed by atoms with Crippen molar-refractivity contribution in [2.45, 2.75) is 59.8 Å². The highest BCUT2D eigenvalue weighted by Gasteiger charge is 2.32. The van der Waals surface area contributed by atoms with Gasteiger partial charge >= 0.3 is 0 Å². The number of hydrogen-bond acceptors (Lipinski definition) is 5. The molecule has 0 bridgehead atoms. The van der Waals surface area contributed by atoms with E-state index in [-0.39, 0.29) is 0 Å². The molecule has 4 rings (SSSR count). The van der Waals surface area contributed by atoms with Crippen molar-refractivity contribution in [2.24, 2.45) is 18.2 Å². The molecule has 0 saturated heterocycles. The summed E-state index contributed by atoms with van der Waals surface area (Å²) in [6.07, 6.45) is 5.16. The van der Waals surface area contributed by atoms with Crippen molar-refractivity contribution in [1.29, 1.82) is 0 Å². The summed E-state index contributed by atoms with van der Waals surface area (Å²) in [5.41, 5.74) is 14.2. The van der Waals surface area contributed by atoms with Gasteiger partial charge in [0.2, 0.25) is 5.82 Å². The second kappa shape index (κ2) is 7.41. The van der Waals surface area contributed by atoms with Crippen molar-refractivity contribution in [1.82, 2.24) is 19.9 Å². The monoisotopic (exact) mass is 393 g/mol. The van der Waals surface area contributed by atoms with Gasteiger partial charge in [0.05, 0.1) is 0 Å². The van der Waals surface area contributed by atoms with E-state index in [2.05, 4.69) is 45.0 Å². The fourth-order valence-corrected chi connectivity index (χ4v) is 4.50. The van der Waals surface area contributed by atoms with Crippen molar-refractivity contribution in [3.63, 3.8) is 0 Å². The van der Waals surface area contributed by atoms with E-state index in [1.54, 1.807) is 0 Å². The molecular weight excluding hydrogens is 362 g/mol. The van der Waals surface area contributed by atoms with Gasteiger partial charge in [-0.3, -0.25) is 4.68 Å². The van der Waals surface area contributed by atoms with Crippen LogP contribution >= 0.6 is 0 Å². The van der Waals surface area contributed by atoms with Gasteiger partial charge in [0.25, 0.3) is 5.89 Å². The summed E-state index contributed by atoms with van der Waals surface area (Å²) in [7, 11) is 2.01. The average Bonchev–Trinajstić information content (AvgIpc) is 3.25. The van der Waals surface area contributed by atoms with Gasteiger partial charge in [0, 0.05) is 23.9 Å². The highest BCUT2D eigenvalue weighted by molar-refractivity contribution is 5.63. The first-order chi connectivity index (χ1) is 13.8. The second-order valence-electron chi connectivity index (χ2n) is 9.14. The van der Waals surface area contributed by atoms with Crippen LogP contribution in [0.5, 0.6) is 0 Å². The van der Waals surface area contributed by atoms with Crippen LogP contribution in [-0.4, -0.2) is 26.5 Å². The molecule has 0 saturated carbocycles. The highest BCUT2D eigenvalue weighted by atomic mass is 16.5. The molecule has 154 valence electrons. The zero-order valence-corrected chi connectivity index (χ0v) is 18.2. The number of hydrogen-bond donors (Lipinski definition) is 1. The summed E-state index contributed by atoms with van der Waals surface area (Å²) in [4.78, 5) is 4.71. The van der Waals surface area contributed by atoms with Crippen molar-refractivity contribution >= 4 is 0 Å². The Balaban J connectivity index is 1.67. The van der Waals surface area contributed by atoms with E-state index in [0.29, 0.717) is 23.7 Å². The van der Waals surface area contributed by atoms with Gasteiger partial charge in [-0.25, -0.2) is 0 Å². The first-order valence-corrected chi connectivity index (χ1v) is 10.5. The third kappa shape index (κ3) is 3.73. The maximum Gasteiger partial charge on any atom is 0.279 e. The molecule has 6 heteroatoms. The molecule has 0 amide bonds. The number of nitrogens with zero attached hydrogens (tertiary/aromatic N) is 4. The number of benzene rings is 1. The van der Waals surface area contributed by atoms with E-state index in [0.717, 1.165) is 43.4 Å². The molecule has 0 atom stereocenters. The minimum absolute atomic E-state index is 0.304. The molecule has 0 radical (unpaired) electrons. The van der Waals surface area contributed by atoms with Crippen LogP contribution < -0.4 is 5.73 Å². The Kier molecular flexibility index (Phi) is 5.07. The van der Waals surface area contributed by atoms with Crippen LogP contribution in [-0.2, 0) is 26.3 Å². The molecule has 2 heterocycles. The summed E-state index contributed by atoms with van der Waals surface area (Å²) < 4.78 is 7.64. The Morgan fingerprint density at radius 1 is 1.21 bits per heavy atom. The summed E-state index contributed by atoms with van der Waals surface area (Å²) in [5.74, 6) is 1.13. The molecule has 3 aromatic rings. The smallest absolute Gasteiger partial charge is 0.279 e. The molecule has 2 N–H and O–H groups in total. The molecule has 29 heavy (non-hydrogen) atoms. The molecule has 0 fully saturated rings. The summed E-state index contributed by atoms with van der Waals surface area (Å²) in [6, 6.07) is 4.29. The maximum atomic E-state index is 5.68. The van der Waals surface area contributed by atoms with E-state index in [1.165, 1.54) is 27.9 Å². The molecule has 6 nitrogen and oxygen atoms in total. The molecule has 0 unspecified atom stereocenters. The summed E-state index contributed by atoms with van der Waals surface area (Å²) >= 11 is 0. The van der Waals surface area contributed by atoms with Crippen LogP contribution in [0, 0.1) is 19.3 Å². The van der Waals surface area contributed by atoms with Crippen LogP contribution in [0.1, 0.15) is 54.6 Å². The van der Waals surface area contributed by atoms with Gasteiger partial charge in [-0.15, -0.1) is 0 Å². The quantitative estimate of drug-likeness (QED) is 0.704. The van der Waals surface area contributed by atoms with Crippen LogP contribution in [0.3, 0.4) is 0 Å². The number of aromatic nitrogens is 4. The topological polar surface area (TPSA) is 82.8 Å². The van der Waals surface area contributed by atoms with Gasteiger partial charge in [-0.2, -0.15) is 10.1 Å². The molecule has 1 aromatic carbocycles. The maximum absolute atomic E-state index is 5.68. The van der Waals surface area contributed by atoms with E-state index < -0.39 is 0 Å². The number of aryl methyl sites for hydroxylation is 3. The van der Waals surface area contributed by atoms with Gasteiger partial charge in [0.15, 0.2) is 5.69 Å². The molecule has 0 aliphatic heterocycles. The Morgan fingerprint density at radius 2 is 1.93 bits per heavy atom. The fourth-order valence-electron chi connectivity index (χ4n) is 4.50. The Bertz CT molecular complexity index is 1020. The summed E-state index contributed by atoms with van der Waals surface area (Å²) in [6.45, 7) is 9.62. The lowest BCUT2D eigenvalue weighted by Crippen LogP contribution is -2.23. The highest BCUT2D eigenvalue weighted by Crippen LogP contribution is 2.38. The lowest BCUT2D eigenvalue weighted by atomic mass is 9.76. The average molecular weight is 394 g/mol. The predicted molar refractivity (Wildman–Crippen MR) is 115 cm³/mol. The predicted octanol–water partition coefficient (Wildman–Crippen LogP) is 4.16. The zero-order valence-electron chi connectivity index (χ0n) is 18.2. The van der Waals surface area contributed by atoms with E-state index in [1.807, 2.05) is 11.7 Å². The van der Waals surface area contributed by atoms with E-state index >= 15 is 0 Å². The fraction of sp³-hybridized carbons (Fsp3) is 0.522. The third-order valence-electron chi connectivity index (χ3n) is 6.19. The first-order valence-electron chi connectivity index (χ1n) is 10.5. The Labute approximate surface area is 172 Å². The number of nitrogens with two attached hydrogens (primary N) is 1. The van der Waals surface area contributed by atoms with Crippen LogP contribution in [0.2, 0.25) is 0 Å². The van der Waals surface area contributed by atoms with Gasteiger partial charge < -0.3 is 10.3 Å². The standard InChI is InChI=1S/C23H31N5O/c1-14-11-16(12-15(2)17(14)7-6-10-24)21-25-22(29-27-21)20-18-8-9-23(3,4)13-19(18)28(5)26-20/h11-12H,6-10,13,24H2,1-5H3. The largest absolute Gasteiger partial charge is 0.332 e. The van der Waals surface area contributed by atoms with Gasteiger partial charge in [0.1, 0.15) is 0 Å². The first kappa shape index (κ1) is 19.8. The lowest BCUT2D eigenvalue weighted by Gasteiger charge is -2.29. The van der Waals surface area contributed by atoms with Gasteiger partial charge in [-0.05, 0) is 86.7 Å². The lowest BCUT2D eigenvalue weighted by molar-refractivity contribution is 0.306. The van der Waals surface area contributed by atoms with Crippen molar-refractivity contribution in [3.05, 3.63) is 40.1 Å². The minimum Gasteiger partial charge on any atom is -0.332 e. The van der Waals surface area contributed by atoms with Gasteiger partial charge in [-0.1, -0.05) is 19.0 Å². The molecule has 2 aromatic heterocycles. The molecule has 1 aliphatic carbocycles. The third-order valence-corrected chi connectivity index (χ3v) is 6.19.